The van der Waals surface area contributed by atoms with Crippen LogP contribution in [0.2, 0.25) is 0 Å². The summed E-state index contributed by atoms with van der Waals surface area (Å²) < 4.78 is 1.18. The summed E-state index contributed by atoms with van der Waals surface area (Å²) >= 11 is 3.50. The third-order valence-electron chi connectivity index (χ3n) is 4.17. The van der Waals surface area contributed by atoms with Gasteiger partial charge in [-0.1, -0.05) is 86.4 Å². The van der Waals surface area contributed by atoms with Gasteiger partial charge in [0, 0.05) is 10.0 Å². The first-order valence-electron chi connectivity index (χ1n) is 9.06. The van der Waals surface area contributed by atoms with Gasteiger partial charge in [0.25, 0.3) is 0 Å². The summed E-state index contributed by atoms with van der Waals surface area (Å²) in [5.41, 5.74) is 1.49. The van der Waals surface area contributed by atoms with Crippen molar-refractivity contribution in [2.24, 2.45) is 0 Å². The molecule has 0 fully saturated rings. The van der Waals surface area contributed by atoms with Crippen LogP contribution in [-0.2, 0) is 16.6 Å². The topological polar surface area (TPSA) is 0 Å². The van der Waals surface area contributed by atoms with E-state index in [1.807, 2.05) is 0 Å². The standard InChI is InChI=1S/C20H34BrS/c1-3-4-5-6-7-8-9-10-11-12-17-22(2)18-19-13-15-20(21)16-14-19/h13-16H,3-12,17-18H2,1-2H3/q+1. The molecule has 1 unspecified atom stereocenters. The quantitative estimate of drug-likeness (QED) is 0.250. The second-order valence-electron chi connectivity index (χ2n) is 6.44. The zero-order chi connectivity index (χ0) is 16.0. The van der Waals surface area contributed by atoms with E-state index in [1.165, 1.54) is 85.8 Å². The molecule has 0 aromatic heterocycles. The van der Waals surface area contributed by atoms with Crippen LogP contribution in [-0.4, -0.2) is 12.0 Å². The number of benzene rings is 1. The van der Waals surface area contributed by atoms with Crippen LogP contribution in [0.3, 0.4) is 0 Å². The lowest BCUT2D eigenvalue weighted by molar-refractivity contribution is 0.563. The number of halogens is 1. The number of hydrogen-bond donors (Lipinski definition) is 0. The molecule has 1 aromatic carbocycles. The first-order chi connectivity index (χ1) is 10.7. The van der Waals surface area contributed by atoms with Crippen molar-refractivity contribution in [1.82, 2.24) is 0 Å². The van der Waals surface area contributed by atoms with Crippen molar-refractivity contribution in [1.29, 1.82) is 0 Å². The highest BCUT2D eigenvalue weighted by Gasteiger charge is 2.11. The Morgan fingerprint density at radius 3 is 1.82 bits per heavy atom. The minimum atomic E-state index is 0.544. The molecule has 0 saturated carbocycles. The summed E-state index contributed by atoms with van der Waals surface area (Å²) in [5, 5.41) is 0. The Morgan fingerprint density at radius 2 is 1.27 bits per heavy atom. The molecule has 1 aromatic rings. The van der Waals surface area contributed by atoms with Crippen molar-refractivity contribution in [3.63, 3.8) is 0 Å². The molecule has 0 aliphatic carbocycles. The van der Waals surface area contributed by atoms with Crippen LogP contribution in [0.15, 0.2) is 28.7 Å². The summed E-state index contributed by atoms with van der Waals surface area (Å²) in [6.07, 6.45) is 16.8. The Labute approximate surface area is 149 Å². The molecule has 2 heteroatoms. The van der Waals surface area contributed by atoms with E-state index in [4.69, 9.17) is 0 Å². The lowest BCUT2D eigenvalue weighted by Gasteiger charge is -2.05. The number of hydrogen-bond acceptors (Lipinski definition) is 0. The molecule has 0 amide bonds. The van der Waals surface area contributed by atoms with E-state index in [-0.39, 0.29) is 0 Å². The maximum absolute atomic E-state index is 3.50. The molecule has 1 rings (SSSR count). The van der Waals surface area contributed by atoms with Crippen LogP contribution >= 0.6 is 15.9 Å². The smallest absolute Gasteiger partial charge is 0.0654 e. The number of rotatable bonds is 13. The van der Waals surface area contributed by atoms with E-state index >= 15 is 0 Å². The molecule has 0 aliphatic rings. The minimum Gasteiger partial charge on any atom is -0.0654 e. The SMILES string of the molecule is CCCCCCCCCCCC[S+](C)Cc1ccc(Br)cc1. The van der Waals surface area contributed by atoms with E-state index in [0.717, 1.165) is 0 Å². The molecule has 0 heterocycles. The monoisotopic (exact) mass is 385 g/mol. The fraction of sp³-hybridized carbons (Fsp3) is 0.700. The molecule has 22 heavy (non-hydrogen) atoms. The lowest BCUT2D eigenvalue weighted by atomic mass is 10.1. The highest BCUT2D eigenvalue weighted by Crippen LogP contribution is 2.15. The molecule has 0 saturated heterocycles. The highest BCUT2D eigenvalue weighted by atomic mass is 79.9. The van der Waals surface area contributed by atoms with Crippen LogP contribution in [0.5, 0.6) is 0 Å². The molecule has 0 N–H and O–H groups in total. The van der Waals surface area contributed by atoms with E-state index in [2.05, 4.69) is 53.4 Å². The predicted octanol–water partition coefficient (Wildman–Crippen LogP) is 7.12. The van der Waals surface area contributed by atoms with Gasteiger partial charge in [0.15, 0.2) is 0 Å². The summed E-state index contributed by atoms with van der Waals surface area (Å²) in [4.78, 5) is 0. The Balaban J connectivity index is 1.92. The van der Waals surface area contributed by atoms with Crippen molar-refractivity contribution < 1.29 is 0 Å². The van der Waals surface area contributed by atoms with E-state index in [0.29, 0.717) is 10.9 Å². The van der Waals surface area contributed by atoms with Crippen LogP contribution in [0, 0.1) is 0 Å². The molecular weight excluding hydrogens is 352 g/mol. The van der Waals surface area contributed by atoms with Gasteiger partial charge in [-0.25, -0.2) is 0 Å². The molecule has 0 nitrogen and oxygen atoms in total. The van der Waals surface area contributed by atoms with Gasteiger partial charge in [-0.15, -0.1) is 0 Å². The summed E-state index contributed by atoms with van der Waals surface area (Å²) in [6.45, 7) is 2.29. The fourth-order valence-corrected chi connectivity index (χ4v) is 4.64. The molecular formula is C20H34BrS+. The van der Waals surface area contributed by atoms with E-state index in [1.54, 1.807) is 0 Å². The average Bonchev–Trinajstić information content (AvgIpc) is 2.51. The van der Waals surface area contributed by atoms with Crippen molar-refractivity contribution in [3.8, 4) is 0 Å². The van der Waals surface area contributed by atoms with Crippen molar-refractivity contribution in [2.75, 3.05) is 12.0 Å². The van der Waals surface area contributed by atoms with Gasteiger partial charge in [0.05, 0.1) is 6.26 Å². The molecule has 126 valence electrons. The van der Waals surface area contributed by atoms with Crippen LogP contribution in [0.4, 0.5) is 0 Å². The van der Waals surface area contributed by atoms with Crippen LogP contribution in [0.25, 0.3) is 0 Å². The zero-order valence-corrected chi connectivity index (χ0v) is 17.0. The van der Waals surface area contributed by atoms with E-state index < -0.39 is 0 Å². The second kappa shape index (κ2) is 13.5. The Kier molecular flexibility index (Phi) is 12.3. The highest BCUT2D eigenvalue weighted by molar-refractivity contribution is 9.10. The average molecular weight is 386 g/mol. The summed E-state index contributed by atoms with van der Waals surface area (Å²) in [6, 6.07) is 8.83. The van der Waals surface area contributed by atoms with Crippen molar-refractivity contribution >= 4 is 26.8 Å². The Morgan fingerprint density at radius 1 is 0.773 bits per heavy atom. The first kappa shape index (κ1) is 20.1. The second-order valence-corrected chi connectivity index (χ2v) is 9.61. The molecule has 0 aliphatic heterocycles. The largest absolute Gasteiger partial charge is 0.132 e. The van der Waals surface area contributed by atoms with Gasteiger partial charge >= 0.3 is 0 Å². The Bertz CT molecular complexity index is 360. The van der Waals surface area contributed by atoms with Crippen molar-refractivity contribution in [3.05, 3.63) is 34.3 Å². The zero-order valence-electron chi connectivity index (χ0n) is 14.6. The van der Waals surface area contributed by atoms with Crippen LogP contribution < -0.4 is 0 Å². The van der Waals surface area contributed by atoms with Gasteiger partial charge in [-0.05, 0) is 35.9 Å². The minimum absolute atomic E-state index is 0.544. The number of unbranched alkanes of at least 4 members (excludes halogenated alkanes) is 9. The molecule has 0 spiro atoms. The van der Waals surface area contributed by atoms with Gasteiger partial charge < -0.3 is 0 Å². The van der Waals surface area contributed by atoms with Gasteiger partial charge in [0.2, 0.25) is 0 Å². The first-order valence-corrected chi connectivity index (χ1v) is 11.8. The van der Waals surface area contributed by atoms with Gasteiger partial charge in [-0.2, -0.15) is 0 Å². The third kappa shape index (κ3) is 10.7. The maximum atomic E-state index is 3.50. The normalized spacial score (nSPS) is 12.5. The van der Waals surface area contributed by atoms with Crippen molar-refractivity contribution in [2.45, 2.75) is 76.9 Å². The molecule has 0 radical (unpaired) electrons. The van der Waals surface area contributed by atoms with Gasteiger partial charge in [-0.3, -0.25) is 0 Å². The van der Waals surface area contributed by atoms with Crippen LogP contribution in [0.1, 0.15) is 76.7 Å². The van der Waals surface area contributed by atoms with Gasteiger partial charge in [0.1, 0.15) is 11.5 Å². The lowest BCUT2D eigenvalue weighted by Crippen LogP contribution is -2.08. The predicted molar refractivity (Wildman–Crippen MR) is 108 cm³/mol. The Hall–Kier alpha value is 0.0500. The summed E-state index contributed by atoms with van der Waals surface area (Å²) in [5.74, 6) is 2.66. The summed E-state index contributed by atoms with van der Waals surface area (Å²) in [7, 11) is 0.544. The molecule has 0 bridgehead atoms. The maximum Gasteiger partial charge on any atom is 0.132 e. The third-order valence-corrected chi connectivity index (χ3v) is 6.51. The van der Waals surface area contributed by atoms with E-state index in [9.17, 15) is 0 Å². The molecule has 1 atom stereocenters. The fourth-order valence-electron chi connectivity index (χ4n) is 2.77.